The standard InChI is InChI=1S/C13H24N2O2/c1-11(2,3)17-10(16)15-8-13(9-15)6-7-14-12(13,4)5/h14H,6-9H2,1-5H3. The van der Waals surface area contributed by atoms with Gasteiger partial charge in [0.1, 0.15) is 5.60 Å². The van der Waals surface area contributed by atoms with Crippen molar-refractivity contribution in [1.29, 1.82) is 0 Å². The minimum absolute atomic E-state index is 0.130. The van der Waals surface area contributed by atoms with Crippen molar-refractivity contribution in [2.45, 2.75) is 52.2 Å². The molecule has 0 unspecified atom stereocenters. The first-order chi connectivity index (χ1) is 7.65. The fourth-order valence-corrected chi connectivity index (χ4v) is 2.81. The van der Waals surface area contributed by atoms with E-state index in [1.54, 1.807) is 0 Å². The predicted molar refractivity (Wildman–Crippen MR) is 66.9 cm³/mol. The Labute approximate surface area is 104 Å². The van der Waals surface area contributed by atoms with Gasteiger partial charge in [-0.3, -0.25) is 0 Å². The topological polar surface area (TPSA) is 41.6 Å². The lowest BCUT2D eigenvalue weighted by atomic mass is 9.67. The smallest absolute Gasteiger partial charge is 0.410 e. The minimum atomic E-state index is -0.400. The summed E-state index contributed by atoms with van der Waals surface area (Å²) in [5.74, 6) is 0. The Balaban J connectivity index is 1.93. The molecule has 0 atom stereocenters. The van der Waals surface area contributed by atoms with E-state index in [2.05, 4.69) is 19.2 Å². The van der Waals surface area contributed by atoms with Gasteiger partial charge in [-0.25, -0.2) is 4.79 Å². The third kappa shape index (κ3) is 2.15. The van der Waals surface area contributed by atoms with Crippen molar-refractivity contribution < 1.29 is 9.53 Å². The summed E-state index contributed by atoms with van der Waals surface area (Å²) in [4.78, 5) is 13.7. The normalized spacial score (nSPS) is 25.8. The van der Waals surface area contributed by atoms with E-state index in [1.165, 1.54) is 0 Å². The van der Waals surface area contributed by atoms with Crippen molar-refractivity contribution in [3.8, 4) is 0 Å². The quantitative estimate of drug-likeness (QED) is 0.704. The molecule has 1 N–H and O–H groups in total. The van der Waals surface area contributed by atoms with E-state index in [9.17, 15) is 4.79 Å². The lowest BCUT2D eigenvalue weighted by Crippen LogP contribution is -2.67. The van der Waals surface area contributed by atoms with Gasteiger partial charge in [-0.05, 0) is 47.6 Å². The first-order valence-electron chi connectivity index (χ1n) is 6.38. The van der Waals surface area contributed by atoms with Gasteiger partial charge in [0.05, 0.1) is 0 Å². The Morgan fingerprint density at radius 2 is 1.88 bits per heavy atom. The maximum Gasteiger partial charge on any atom is 0.410 e. The largest absolute Gasteiger partial charge is 0.444 e. The number of nitrogens with zero attached hydrogens (tertiary/aromatic N) is 1. The van der Waals surface area contributed by atoms with Crippen LogP contribution in [0, 0.1) is 5.41 Å². The van der Waals surface area contributed by atoms with Crippen molar-refractivity contribution in [1.82, 2.24) is 10.2 Å². The molecule has 17 heavy (non-hydrogen) atoms. The Morgan fingerprint density at radius 3 is 2.29 bits per heavy atom. The number of rotatable bonds is 0. The molecule has 0 radical (unpaired) electrons. The van der Waals surface area contributed by atoms with Gasteiger partial charge < -0.3 is 15.0 Å². The Kier molecular flexibility index (Phi) is 2.69. The zero-order chi connectivity index (χ0) is 12.9. The van der Waals surface area contributed by atoms with E-state index in [0.29, 0.717) is 0 Å². The molecule has 0 aromatic rings. The second kappa shape index (κ2) is 3.61. The van der Waals surface area contributed by atoms with E-state index in [0.717, 1.165) is 26.1 Å². The van der Waals surface area contributed by atoms with Crippen molar-refractivity contribution >= 4 is 6.09 Å². The lowest BCUT2D eigenvalue weighted by molar-refractivity contribution is -0.0540. The van der Waals surface area contributed by atoms with Gasteiger partial charge in [0.2, 0.25) is 0 Å². The number of nitrogens with one attached hydrogen (secondary N) is 1. The van der Waals surface area contributed by atoms with Crippen LogP contribution < -0.4 is 5.32 Å². The van der Waals surface area contributed by atoms with Gasteiger partial charge in [-0.1, -0.05) is 0 Å². The molecule has 0 aromatic heterocycles. The molecular formula is C13H24N2O2. The van der Waals surface area contributed by atoms with Crippen LogP contribution in [0.15, 0.2) is 0 Å². The third-order valence-corrected chi connectivity index (χ3v) is 4.14. The minimum Gasteiger partial charge on any atom is -0.444 e. The van der Waals surface area contributed by atoms with Crippen LogP contribution in [0.3, 0.4) is 0 Å². The molecule has 0 bridgehead atoms. The summed E-state index contributed by atoms with van der Waals surface area (Å²) < 4.78 is 5.38. The molecule has 4 nitrogen and oxygen atoms in total. The number of likely N-dealkylation sites (tertiary alicyclic amines) is 1. The van der Waals surface area contributed by atoms with Crippen LogP contribution >= 0.6 is 0 Å². The molecule has 0 saturated carbocycles. The highest BCUT2D eigenvalue weighted by Gasteiger charge is 2.57. The molecule has 2 aliphatic rings. The summed E-state index contributed by atoms with van der Waals surface area (Å²) in [6.07, 6.45) is 0.977. The zero-order valence-corrected chi connectivity index (χ0v) is 11.6. The predicted octanol–water partition coefficient (Wildman–Crippen LogP) is 2.00. The Bertz CT molecular complexity index is 325. The maximum atomic E-state index is 11.9. The fourth-order valence-electron chi connectivity index (χ4n) is 2.81. The third-order valence-electron chi connectivity index (χ3n) is 4.14. The highest BCUT2D eigenvalue weighted by Crippen LogP contribution is 2.47. The van der Waals surface area contributed by atoms with Crippen molar-refractivity contribution in [2.24, 2.45) is 5.41 Å². The van der Waals surface area contributed by atoms with Crippen LogP contribution in [0.1, 0.15) is 41.0 Å². The van der Waals surface area contributed by atoms with Crippen molar-refractivity contribution in [2.75, 3.05) is 19.6 Å². The van der Waals surface area contributed by atoms with Crippen LogP contribution in [0.5, 0.6) is 0 Å². The Morgan fingerprint density at radius 1 is 1.29 bits per heavy atom. The van der Waals surface area contributed by atoms with Gasteiger partial charge in [0.25, 0.3) is 0 Å². The van der Waals surface area contributed by atoms with Gasteiger partial charge >= 0.3 is 6.09 Å². The van der Waals surface area contributed by atoms with Crippen LogP contribution in [-0.4, -0.2) is 41.8 Å². The number of carbonyl (C=O) groups excluding carboxylic acids is 1. The number of hydrogen-bond acceptors (Lipinski definition) is 3. The summed E-state index contributed by atoms with van der Waals surface area (Å²) in [6, 6.07) is 0. The van der Waals surface area contributed by atoms with Crippen molar-refractivity contribution in [3.63, 3.8) is 0 Å². The molecule has 98 valence electrons. The van der Waals surface area contributed by atoms with E-state index in [-0.39, 0.29) is 17.0 Å². The van der Waals surface area contributed by atoms with E-state index in [1.807, 2.05) is 25.7 Å². The highest BCUT2D eigenvalue weighted by atomic mass is 16.6. The average Bonchev–Trinajstić information content (AvgIpc) is 2.34. The molecule has 1 spiro atoms. The molecule has 2 saturated heterocycles. The molecule has 0 aromatic carbocycles. The van der Waals surface area contributed by atoms with Gasteiger partial charge in [0, 0.05) is 24.0 Å². The second-order valence-corrected chi connectivity index (χ2v) is 6.92. The Hall–Kier alpha value is -0.770. The van der Waals surface area contributed by atoms with E-state index in [4.69, 9.17) is 4.74 Å². The summed E-state index contributed by atoms with van der Waals surface area (Å²) in [5, 5.41) is 3.52. The van der Waals surface area contributed by atoms with Gasteiger partial charge in [0.15, 0.2) is 0 Å². The lowest BCUT2D eigenvalue weighted by Gasteiger charge is -2.54. The number of hydrogen-bond donors (Lipinski definition) is 1. The van der Waals surface area contributed by atoms with Crippen molar-refractivity contribution in [3.05, 3.63) is 0 Å². The zero-order valence-electron chi connectivity index (χ0n) is 11.6. The van der Waals surface area contributed by atoms with E-state index >= 15 is 0 Å². The summed E-state index contributed by atoms with van der Waals surface area (Å²) in [6.45, 7) is 12.9. The molecule has 2 heterocycles. The monoisotopic (exact) mass is 240 g/mol. The first-order valence-corrected chi connectivity index (χ1v) is 6.38. The molecule has 0 aliphatic carbocycles. The van der Waals surface area contributed by atoms with Crippen LogP contribution in [0.2, 0.25) is 0 Å². The first kappa shape index (κ1) is 12.7. The number of carbonyl (C=O) groups is 1. The molecule has 2 rings (SSSR count). The van der Waals surface area contributed by atoms with Gasteiger partial charge in [-0.15, -0.1) is 0 Å². The van der Waals surface area contributed by atoms with E-state index < -0.39 is 5.60 Å². The SMILES string of the molecule is CC(C)(C)OC(=O)N1CC2(CCNC2(C)C)C1. The number of amides is 1. The second-order valence-electron chi connectivity index (χ2n) is 6.92. The molecule has 2 fully saturated rings. The summed E-state index contributed by atoms with van der Waals surface area (Å²) in [7, 11) is 0. The van der Waals surface area contributed by atoms with Crippen LogP contribution in [-0.2, 0) is 4.74 Å². The number of ether oxygens (including phenoxy) is 1. The van der Waals surface area contributed by atoms with Gasteiger partial charge in [-0.2, -0.15) is 0 Å². The summed E-state index contributed by atoms with van der Waals surface area (Å²) in [5.41, 5.74) is -0.0152. The average molecular weight is 240 g/mol. The highest BCUT2D eigenvalue weighted by molar-refractivity contribution is 5.69. The van der Waals surface area contributed by atoms with Crippen LogP contribution in [0.25, 0.3) is 0 Å². The maximum absolute atomic E-state index is 11.9. The molecule has 2 aliphatic heterocycles. The summed E-state index contributed by atoms with van der Waals surface area (Å²) >= 11 is 0. The van der Waals surface area contributed by atoms with Crippen LogP contribution in [0.4, 0.5) is 4.79 Å². The molecule has 1 amide bonds. The fraction of sp³-hybridized carbons (Fsp3) is 0.923. The molecular weight excluding hydrogens is 216 g/mol. The molecule has 4 heteroatoms.